The Kier molecular flexibility index (Phi) is 6.07. The van der Waals surface area contributed by atoms with Gasteiger partial charge in [-0.15, -0.1) is 0 Å². The van der Waals surface area contributed by atoms with E-state index in [-0.39, 0.29) is 0 Å². The average molecular weight is 236 g/mol. The number of rotatable bonds is 6. The molecule has 1 amide bonds. The van der Waals surface area contributed by atoms with Gasteiger partial charge in [-0.05, 0) is 25.0 Å². The minimum Gasteiger partial charge on any atom is -0.449 e. The first-order valence-corrected chi connectivity index (χ1v) is 6.16. The van der Waals surface area contributed by atoms with Crippen LogP contribution in [-0.4, -0.2) is 17.7 Å². The molecular formula is C13H20N2O2. The summed E-state index contributed by atoms with van der Waals surface area (Å²) in [7, 11) is 0. The second-order valence-electron chi connectivity index (χ2n) is 3.84. The van der Waals surface area contributed by atoms with Crippen LogP contribution in [0.15, 0.2) is 18.2 Å². The molecule has 0 aliphatic rings. The van der Waals surface area contributed by atoms with E-state index >= 15 is 0 Å². The van der Waals surface area contributed by atoms with Gasteiger partial charge in [-0.1, -0.05) is 32.8 Å². The molecule has 0 aromatic carbocycles. The maximum atomic E-state index is 11.4. The van der Waals surface area contributed by atoms with Gasteiger partial charge in [0.25, 0.3) is 0 Å². The fourth-order valence-electron chi connectivity index (χ4n) is 1.40. The van der Waals surface area contributed by atoms with E-state index in [1.54, 1.807) is 6.07 Å². The van der Waals surface area contributed by atoms with Gasteiger partial charge in [-0.2, -0.15) is 0 Å². The van der Waals surface area contributed by atoms with Crippen molar-refractivity contribution in [1.82, 2.24) is 4.98 Å². The molecular weight excluding hydrogens is 216 g/mol. The first-order valence-electron chi connectivity index (χ1n) is 6.16. The summed E-state index contributed by atoms with van der Waals surface area (Å²) in [6, 6.07) is 5.56. The van der Waals surface area contributed by atoms with Gasteiger partial charge in [-0.25, -0.2) is 9.78 Å². The number of ether oxygens (including phenoxy) is 1. The van der Waals surface area contributed by atoms with E-state index in [0.29, 0.717) is 12.4 Å². The summed E-state index contributed by atoms with van der Waals surface area (Å²) in [5.41, 5.74) is 0.953. The fraction of sp³-hybridized carbons (Fsp3) is 0.538. The average Bonchev–Trinajstić information content (AvgIpc) is 2.35. The van der Waals surface area contributed by atoms with Crippen LogP contribution in [0, 0.1) is 0 Å². The molecule has 0 aliphatic heterocycles. The zero-order valence-corrected chi connectivity index (χ0v) is 10.5. The number of aromatic nitrogens is 1. The standard InChI is InChI=1S/C13H20N2O2/c1-3-5-6-10-17-13(16)15-12-9-7-8-11(4-2)14-12/h7-9H,3-6,10H2,1-2H3,(H,14,15,16). The number of nitrogens with one attached hydrogen (secondary N) is 1. The molecule has 1 heterocycles. The smallest absolute Gasteiger partial charge is 0.412 e. The second kappa shape index (κ2) is 7.65. The molecule has 0 saturated heterocycles. The van der Waals surface area contributed by atoms with Crippen molar-refractivity contribution in [2.45, 2.75) is 39.5 Å². The lowest BCUT2D eigenvalue weighted by Crippen LogP contribution is -2.15. The molecule has 4 nitrogen and oxygen atoms in total. The summed E-state index contributed by atoms with van der Waals surface area (Å²) in [5, 5.41) is 2.62. The molecule has 0 radical (unpaired) electrons. The summed E-state index contributed by atoms with van der Waals surface area (Å²) in [6.07, 6.45) is 3.52. The third kappa shape index (κ3) is 5.33. The van der Waals surface area contributed by atoms with Crippen molar-refractivity contribution in [2.75, 3.05) is 11.9 Å². The molecule has 1 N–H and O–H groups in total. The van der Waals surface area contributed by atoms with E-state index in [2.05, 4.69) is 17.2 Å². The monoisotopic (exact) mass is 236 g/mol. The van der Waals surface area contributed by atoms with E-state index in [4.69, 9.17) is 4.74 Å². The molecule has 1 rings (SSSR count). The lowest BCUT2D eigenvalue weighted by Gasteiger charge is -2.06. The van der Waals surface area contributed by atoms with Crippen molar-refractivity contribution in [2.24, 2.45) is 0 Å². The molecule has 0 saturated carbocycles. The van der Waals surface area contributed by atoms with Gasteiger partial charge < -0.3 is 4.74 Å². The van der Waals surface area contributed by atoms with Crippen molar-refractivity contribution in [3.05, 3.63) is 23.9 Å². The summed E-state index contributed by atoms with van der Waals surface area (Å²) < 4.78 is 5.03. The summed E-state index contributed by atoms with van der Waals surface area (Å²) >= 11 is 0. The summed E-state index contributed by atoms with van der Waals surface area (Å²) in [4.78, 5) is 15.7. The molecule has 17 heavy (non-hydrogen) atoms. The Bertz CT molecular complexity index is 353. The third-order valence-electron chi connectivity index (χ3n) is 2.38. The van der Waals surface area contributed by atoms with Crippen LogP contribution < -0.4 is 5.32 Å². The minimum absolute atomic E-state index is 0.429. The summed E-state index contributed by atoms with van der Waals surface area (Å²) in [6.45, 7) is 4.60. The molecule has 0 atom stereocenters. The first-order chi connectivity index (χ1) is 8.26. The van der Waals surface area contributed by atoms with Crippen LogP contribution >= 0.6 is 0 Å². The van der Waals surface area contributed by atoms with Crippen LogP contribution in [0.5, 0.6) is 0 Å². The van der Waals surface area contributed by atoms with Crippen LogP contribution in [0.3, 0.4) is 0 Å². The lowest BCUT2D eigenvalue weighted by molar-refractivity contribution is 0.159. The molecule has 0 aliphatic carbocycles. The van der Waals surface area contributed by atoms with Crippen molar-refractivity contribution in [3.8, 4) is 0 Å². The van der Waals surface area contributed by atoms with Crippen LogP contribution in [-0.2, 0) is 11.2 Å². The van der Waals surface area contributed by atoms with E-state index in [1.165, 1.54) is 0 Å². The topological polar surface area (TPSA) is 51.2 Å². The van der Waals surface area contributed by atoms with E-state index in [9.17, 15) is 4.79 Å². The zero-order chi connectivity index (χ0) is 12.5. The highest BCUT2D eigenvalue weighted by Crippen LogP contribution is 2.06. The highest BCUT2D eigenvalue weighted by Gasteiger charge is 2.03. The van der Waals surface area contributed by atoms with Gasteiger partial charge in [0, 0.05) is 5.69 Å². The number of carbonyl (C=O) groups excluding carboxylic acids is 1. The number of carbonyl (C=O) groups is 1. The number of hydrogen-bond acceptors (Lipinski definition) is 3. The highest BCUT2D eigenvalue weighted by molar-refractivity contribution is 5.83. The largest absolute Gasteiger partial charge is 0.449 e. The predicted molar refractivity (Wildman–Crippen MR) is 68.1 cm³/mol. The van der Waals surface area contributed by atoms with Crippen LogP contribution in [0.4, 0.5) is 10.6 Å². The van der Waals surface area contributed by atoms with Crippen LogP contribution in [0.2, 0.25) is 0 Å². The number of pyridine rings is 1. The molecule has 0 bridgehead atoms. The number of nitrogens with zero attached hydrogens (tertiary/aromatic N) is 1. The molecule has 94 valence electrons. The molecule has 1 aromatic heterocycles. The van der Waals surface area contributed by atoms with Gasteiger partial charge in [-0.3, -0.25) is 5.32 Å². The second-order valence-corrected chi connectivity index (χ2v) is 3.84. The fourth-order valence-corrected chi connectivity index (χ4v) is 1.40. The molecule has 1 aromatic rings. The normalized spacial score (nSPS) is 10.0. The third-order valence-corrected chi connectivity index (χ3v) is 2.38. The Balaban J connectivity index is 2.34. The van der Waals surface area contributed by atoms with Gasteiger partial charge in [0.05, 0.1) is 6.61 Å². The van der Waals surface area contributed by atoms with E-state index < -0.39 is 6.09 Å². The maximum absolute atomic E-state index is 11.4. The SMILES string of the molecule is CCCCCOC(=O)Nc1cccc(CC)n1. The highest BCUT2D eigenvalue weighted by atomic mass is 16.5. The molecule has 4 heteroatoms. The van der Waals surface area contributed by atoms with Gasteiger partial charge in [0.2, 0.25) is 0 Å². The Morgan fingerprint density at radius 1 is 1.35 bits per heavy atom. The van der Waals surface area contributed by atoms with Crippen LogP contribution in [0.25, 0.3) is 0 Å². The van der Waals surface area contributed by atoms with Crippen LogP contribution in [0.1, 0.15) is 38.8 Å². The van der Waals surface area contributed by atoms with E-state index in [0.717, 1.165) is 31.4 Å². The Hall–Kier alpha value is -1.58. The molecule has 0 fully saturated rings. The van der Waals surface area contributed by atoms with Crippen molar-refractivity contribution in [1.29, 1.82) is 0 Å². The number of amides is 1. The zero-order valence-electron chi connectivity index (χ0n) is 10.5. The number of unbranched alkanes of at least 4 members (excludes halogenated alkanes) is 2. The number of hydrogen-bond donors (Lipinski definition) is 1. The van der Waals surface area contributed by atoms with Crippen molar-refractivity contribution >= 4 is 11.9 Å². The van der Waals surface area contributed by atoms with Gasteiger partial charge in [0.1, 0.15) is 5.82 Å². The Morgan fingerprint density at radius 3 is 2.88 bits per heavy atom. The lowest BCUT2D eigenvalue weighted by atomic mass is 10.3. The Morgan fingerprint density at radius 2 is 2.18 bits per heavy atom. The first kappa shape index (κ1) is 13.5. The quantitative estimate of drug-likeness (QED) is 0.770. The van der Waals surface area contributed by atoms with Gasteiger partial charge in [0.15, 0.2) is 0 Å². The van der Waals surface area contributed by atoms with Gasteiger partial charge >= 0.3 is 6.09 Å². The molecule has 0 spiro atoms. The number of anilines is 1. The predicted octanol–water partition coefficient (Wildman–Crippen LogP) is 3.38. The van der Waals surface area contributed by atoms with Crippen molar-refractivity contribution < 1.29 is 9.53 Å². The summed E-state index contributed by atoms with van der Waals surface area (Å²) in [5.74, 6) is 0.546. The van der Waals surface area contributed by atoms with E-state index in [1.807, 2.05) is 19.1 Å². The Labute approximate surface area is 102 Å². The molecule has 0 unspecified atom stereocenters. The maximum Gasteiger partial charge on any atom is 0.412 e. The minimum atomic E-state index is -0.429. The number of aryl methyl sites for hydroxylation is 1. The van der Waals surface area contributed by atoms with Crippen molar-refractivity contribution in [3.63, 3.8) is 0 Å².